The molecular weight excluding hydrogens is 242 g/mol. The molecule has 1 aliphatic rings. The monoisotopic (exact) mass is 259 g/mol. The Hall–Kier alpha value is -2.04. The Morgan fingerprint density at radius 2 is 2.37 bits per heavy atom. The molecule has 2 aromatic rings. The maximum atomic E-state index is 5.79. The lowest BCUT2D eigenvalue weighted by Crippen LogP contribution is -2.13. The van der Waals surface area contributed by atoms with Crippen molar-refractivity contribution in [1.82, 2.24) is 10.1 Å². The van der Waals surface area contributed by atoms with Crippen LogP contribution in [0, 0.1) is 0 Å². The zero-order valence-electron chi connectivity index (χ0n) is 11.0. The summed E-state index contributed by atoms with van der Waals surface area (Å²) in [4.78, 5) is 4.23. The standard InChI is InChI=1S/C14H17N3O2/c1-2-12-16-13(19-17-12)9-18-11-7-3-5-10-6-4-8-15-14(10)11/h3,5,7,15H,2,4,6,8-9H2,1H3. The van der Waals surface area contributed by atoms with E-state index in [1.807, 2.05) is 19.1 Å². The lowest BCUT2D eigenvalue weighted by atomic mass is 10.0. The van der Waals surface area contributed by atoms with E-state index in [1.54, 1.807) is 0 Å². The molecule has 5 heteroatoms. The van der Waals surface area contributed by atoms with Crippen molar-refractivity contribution < 1.29 is 9.26 Å². The number of rotatable bonds is 4. The summed E-state index contributed by atoms with van der Waals surface area (Å²) in [6.07, 6.45) is 3.03. The van der Waals surface area contributed by atoms with Gasteiger partial charge in [-0.25, -0.2) is 0 Å². The molecule has 0 atom stereocenters. The van der Waals surface area contributed by atoms with Gasteiger partial charge >= 0.3 is 0 Å². The normalized spacial score (nSPS) is 13.7. The highest BCUT2D eigenvalue weighted by Gasteiger charge is 2.14. The molecule has 2 heterocycles. The quantitative estimate of drug-likeness (QED) is 0.914. The molecule has 0 amide bonds. The molecule has 1 aliphatic heterocycles. The third kappa shape index (κ3) is 2.54. The maximum Gasteiger partial charge on any atom is 0.264 e. The Morgan fingerprint density at radius 1 is 1.42 bits per heavy atom. The van der Waals surface area contributed by atoms with Gasteiger partial charge in [0, 0.05) is 13.0 Å². The Bertz CT molecular complexity index is 566. The third-order valence-electron chi connectivity index (χ3n) is 3.21. The summed E-state index contributed by atoms with van der Waals surface area (Å²) in [5.41, 5.74) is 2.41. The Balaban J connectivity index is 1.73. The molecule has 5 nitrogen and oxygen atoms in total. The molecule has 3 rings (SSSR count). The van der Waals surface area contributed by atoms with Crippen molar-refractivity contribution in [2.45, 2.75) is 32.8 Å². The predicted molar refractivity (Wildman–Crippen MR) is 71.3 cm³/mol. The molecule has 0 fully saturated rings. The summed E-state index contributed by atoms with van der Waals surface area (Å²) in [7, 11) is 0. The van der Waals surface area contributed by atoms with Crippen molar-refractivity contribution in [3.63, 3.8) is 0 Å². The van der Waals surface area contributed by atoms with E-state index in [0.29, 0.717) is 18.3 Å². The molecule has 19 heavy (non-hydrogen) atoms. The summed E-state index contributed by atoms with van der Waals surface area (Å²) >= 11 is 0. The molecule has 1 aromatic carbocycles. The van der Waals surface area contributed by atoms with Crippen molar-refractivity contribution in [3.8, 4) is 5.75 Å². The van der Waals surface area contributed by atoms with Gasteiger partial charge in [0.1, 0.15) is 5.75 Å². The second kappa shape index (κ2) is 5.30. The van der Waals surface area contributed by atoms with Gasteiger partial charge in [-0.1, -0.05) is 24.2 Å². The number of hydrogen-bond donors (Lipinski definition) is 1. The first-order chi connectivity index (χ1) is 9.36. The SMILES string of the molecule is CCc1noc(COc2cccc3c2NCCC3)n1. The third-order valence-corrected chi connectivity index (χ3v) is 3.21. The fraction of sp³-hybridized carbons (Fsp3) is 0.429. The summed E-state index contributed by atoms with van der Waals surface area (Å²) in [5, 5.41) is 7.24. The minimum atomic E-state index is 0.311. The van der Waals surface area contributed by atoms with Crippen molar-refractivity contribution >= 4 is 5.69 Å². The van der Waals surface area contributed by atoms with Gasteiger partial charge in [-0.3, -0.25) is 0 Å². The largest absolute Gasteiger partial charge is 0.482 e. The topological polar surface area (TPSA) is 60.2 Å². The highest BCUT2D eigenvalue weighted by Crippen LogP contribution is 2.32. The van der Waals surface area contributed by atoms with Gasteiger partial charge in [0.05, 0.1) is 5.69 Å². The number of ether oxygens (including phenoxy) is 1. The molecule has 0 saturated heterocycles. The van der Waals surface area contributed by atoms with E-state index in [2.05, 4.69) is 21.5 Å². The number of benzene rings is 1. The smallest absolute Gasteiger partial charge is 0.264 e. The number of nitrogens with one attached hydrogen (secondary N) is 1. The number of aromatic nitrogens is 2. The molecule has 1 N–H and O–H groups in total. The van der Waals surface area contributed by atoms with Gasteiger partial charge < -0.3 is 14.6 Å². The van der Waals surface area contributed by atoms with Gasteiger partial charge in [-0.15, -0.1) is 0 Å². The highest BCUT2D eigenvalue weighted by atomic mass is 16.5. The highest BCUT2D eigenvalue weighted by molar-refractivity contribution is 5.63. The number of nitrogens with zero attached hydrogens (tertiary/aromatic N) is 2. The van der Waals surface area contributed by atoms with E-state index in [0.717, 1.165) is 30.8 Å². The fourth-order valence-corrected chi connectivity index (χ4v) is 2.23. The summed E-state index contributed by atoms with van der Waals surface area (Å²) in [6.45, 7) is 3.30. The Kier molecular flexibility index (Phi) is 3.35. The summed E-state index contributed by atoms with van der Waals surface area (Å²) < 4.78 is 10.9. The van der Waals surface area contributed by atoms with E-state index >= 15 is 0 Å². The van der Waals surface area contributed by atoms with Crippen LogP contribution in [-0.4, -0.2) is 16.7 Å². The van der Waals surface area contributed by atoms with Gasteiger partial charge in [0.2, 0.25) is 0 Å². The molecule has 0 unspecified atom stereocenters. The molecular formula is C14H17N3O2. The second-order valence-corrected chi connectivity index (χ2v) is 4.57. The number of fused-ring (bicyclic) bond motifs is 1. The van der Waals surface area contributed by atoms with Gasteiger partial charge in [0.25, 0.3) is 5.89 Å². The Morgan fingerprint density at radius 3 is 3.21 bits per heavy atom. The predicted octanol–water partition coefficient (Wildman–Crippen LogP) is 2.57. The first kappa shape index (κ1) is 12.0. The van der Waals surface area contributed by atoms with E-state index in [1.165, 1.54) is 12.0 Å². The van der Waals surface area contributed by atoms with Crippen LogP contribution in [-0.2, 0) is 19.4 Å². The summed E-state index contributed by atoms with van der Waals surface area (Å²) in [6, 6.07) is 6.12. The lowest BCUT2D eigenvalue weighted by molar-refractivity contribution is 0.243. The number of anilines is 1. The van der Waals surface area contributed by atoms with Crippen LogP contribution in [0.4, 0.5) is 5.69 Å². The van der Waals surface area contributed by atoms with Gasteiger partial charge in [-0.05, 0) is 24.5 Å². The first-order valence-corrected chi connectivity index (χ1v) is 6.67. The molecule has 0 spiro atoms. The molecule has 0 aliphatic carbocycles. The van der Waals surface area contributed by atoms with E-state index in [-0.39, 0.29) is 0 Å². The maximum absolute atomic E-state index is 5.79. The average Bonchev–Trinajstić information content (AvgIpc) is 2.93. The first-order valence-electron chi connectivity index (χ1n) is 6.67. The van der Waals surface area contributed by atoms with Crippen LogP contribution in [0.25, 0.3) is 0 Å². The molecule has 0 radical (unpaired) electrons. The minimum Gasteiger partial charge on any atom is -0.482 e. The number of hydrogen-bond acceptors (Lipinski definition) is 5. The lowest BCUT2D eigenvalue weighted by Gasteiger charge is -2.20. The molecule has 0 bridgehead atoms. The zero-order valence-corrected chi connectivity index (χ0v) is 11.0. The van der Waals surface area contributed by atoms with E-state index in [4.69, 9.17) is 9.26 Å². The molecule has 100 valence electrons. The van der Waals surface area contributed by atoms with Crippen molar-refractivity contribution in [2.75, 3.05) is 11.9 Å². The minimum absolute atomic E-state index is 0.311. The second-order valence-electron chi connectivity index (χ2n) is 4.57. The summed E-state index contributed by atoms with van der Waals surface area (Å²) in [5.74, 6) is 2.09. The number of para-hydroxylation sites is 1. The molecule has 0 saturated carbocycles. The van der Waals surface area contributed by atoms with Crippen LogP contribution in [0.2, 0.25) is 0 Å². The van der Waals surface area contributed by atoms with Crippen LogP contribution in [0.5, 0.6) is 5.75 Å². The average molecular weight is 259 g/mol. The van der Waals surface area contributed by atoms with Crippen molar-refractivity contribution in [3.05, 3.63) is 35.5 Å². The van der Waals surface area contributed by atoms with Gasteiger partial charge in [-0.2, -0.15) is 4.98 Å². The van der Waals surface area contributed by atoms with Crippen molar-refractivity contribution in [2.24, 2.45) is 0 Å². The van der Waals surface area contributed by atoms with Gasteiger partial charge in [0.15, 0.2) is 12.4 Å². The molecule has 1 aromatic heterocycles. The van der Waals surface area contributed by atoms with Crippen LogP contribution in [0.15, 0.2) is 22.7 Å². The fourth-order valence-electron chi connectivity index (χ4n) is 2.23. The van der Waals surface area contributed by atoms with Crippen molar-refractivity contribution in [1.29, 1.82) is 0 Å². The van der Waals surface area contributed by atoms with E-state index < -0.39 is 0 Å². The Labute approximate surface area is 112 Å². The number of aryl methyl sites for hydroxylation is 2. The van der Waals surface area contributed by atoms with Crippen LogP contribution in [0.3, 0.4) is 0 Å². The zero-order chi connectivity index (χ0) is 13.1. The van der Waals surface area contributed by atoms with E-state index in [9.17, 15) is 0 Å². The van der Waals surface area contributed by atoms with Crippen LogP contribution < -0.4 is 10.1 Å². The van der Waals surface area contributed by atoms with Crippen LogP contribution in [0.1, 0.15) is 30.6 Å². The van der Waals surface area contributed by atoms with Crippen LogP contribution >= 0.6 is 0 Å².